The van der Waals surface area contributed by atoms with Crippen molar-refractivity contribution < 1.29 is 4.79 Å². The molecule has 1 aromatic heterocycles. The second-order valence-electron chi connectivity index (χ2n) is 7.20. The van der Waals surface area contributed by atoms with Crippen LogP contribution in [0.3, 0.4) is 0 Å². The maximum Gasteiger partial charge on any atom is 0.349 e. The van der Waals surface area contributed by atoms with E-state index in [0.29, 0.717) is 30.6 Å². The first-order valence-electron chi connectivity index (χ1n) is 9.22. The number of benzene rings is 1. The van der Waals surface area contributed by atoms with E-state index < -0.39 is 11.2 Å². The van der Waals surface area contributed by atoms with Crippen molar-refractivity contribution in [2.45, 2.75) is 32.1 Å². The number of nitrogens with one attached hydrogen (secondary N) is 1. The lowest BCUT2D eigenvalue weighted by Gasteiger charge is -2.40. The molecule has 1 aromatic carbocycles. The zero-order chi connectivity index (χ0) is 18.1. The summed E-state index contributed by atoms with van der Waals surface area (Å²) in [7, 11) is 0. The minimum absolute atomic E-state index is 0.220. The van der Waals surface area contributed by atoms with Gasteiger partial charge in [-0.25, -0.2) is 4.79 Å². The Morgan fingerprint density at radius 3 is 2.46 bits per heavy atom. The highest BCUT2D eigenvalue weighted by Crippen LogP contribution is 2.37. The summed E-state index contributed by atoms with van der Waals surface area (Å²) < 4.78 is 1.07. The monoisotopic (exact) mass is 354 g/mol. The molecule has 136 valence electrons. The molecular weight excluding hydrogens is 332 g/mol. The quantitative estimate of drug-likeness (QED) is 0.906. The molecule has 1 unspecified atom stereocenters. The van der Waals surface area contributed by atoms with Crippen LogP contribution in [0, 0.1) is 11.8 Å². The standard InChI is InChI=1S/C19H22N4O3/c24-17-16(21-23(19(26)20-17)15-9-2-1-3-10-15)18(25)22-11-5-8-14(12-22)13-6-4-7-13/h1-3,9-10,13-14H,4-8,11-12H2,(H,20,24,26). The fraction of sp³-hybridized carbons (Fsp3) is 0.474. The summed E-state index contributed by atoms with van der Waals surface area (Å²) in [5.74, 6) is 0.829. The number of aromatic amines is 1. The number of rotatable bonds is 3. The number of amides is 1. The van der Waals surface area contributed by atoms with Crippen LogP contribution in [0.25, 0.3) is 5.69 Å². The Morgan fingerprint density at radius 2 is 1.77 bits per heavy atom. The number of carbonyl (C=O) groups is 1. The lowest BCUT2D eigenvalue weighted by atomic mass is 9.73. The van der Waals surface area contributed by atoms with E-state index in [1.165, 1.54) is 19.3 Å². The zero-order valence-corrected chi connectivity index (χ0v) is 14.6. The van der Waals surface area contributed by atoms with Crippen molar-refractivity contribution in [3.8, 4) is 5.69 Å². The Hall–Kier alpha value is -2.70. The van der Waals surface area contributed by atoms with Crippen molar-refractivity contribution in [2.24, 2.45) is 11.8 Å². The Bertz CT molecular complexity index is 914. The molecule has 26 heavy (non-hydrogen) atoms. The van der Waals surface area contributed by atoms with Gasteiger partial charge >= 0.3 is 5.69 Å². The average Bonchev–Trinajstić information content (AvgIpc) is 2.61. The van der Waals surface area contributed by atoms with Gasteiger partial charge in [0.25, 0.3) is 11.5 Å². The number of hydrogen-bond donors (Lipinski definition) is 1. The number of para-hydroxylation sites is 1. The summed E-state index contributed by atoms with van der Waals surface area (Å²) in [5.41, 5.74) is -1.09. The van der Waals surface area contributed by atoms with E-state index in [2.05, 4.69) is 10.1 Å². The largest absolute Gasteiger partial charge is 0.349 e. The summed E-state index contributed by atoms with van der Waals surface area (Å²) >= 11 is 0. The molecular formula is C19H22N4O3. The number of carbonyl (C=O) groups excluding carboxylic acids is 1. The van der Waals surface area contributed by atoms with Crippen LogP contribution in [-0.2, 0) is 0 Å². The molecule has 0 radical (unpaired) electrons. The van der Waals surface area contributed by atoms with Crippen molar-refractivity contribution in [3.63, 3.8) is 0 Å². The van der Waals surface area contributed by atoms with E-state index in [1.807, 2.05) is 6.07 Å². The first-order chi connectivity index (χ1) is 12.6. The Balaban J connectivity index is 1.63. The molecule has 1 atom stereocenters. The number of likely N-dealkylation sites (tertiary alicyclic amines) is 1. The molecule has 2 aromatic rings. The highest BCUT2D eigenvalue weighted by molar-refractivity contribution is 5.91. The van der Waals surface area contributed by atoms with Gasteiger partial charge in [0, 0.05) is 13.1 Å². The van der Waals surface area contributed by atoms with Gasteiger partial charge in [-0.1, -0.05) is 37.5 Å². The molecule has 2 heterocycles. The fourth-order valence-electron chi connectivity index (χ4n) is 3.92. The van der Waals surface area contributed by atoms with E-state index in [0.717, 1.165) is 17.5 Å². The molecule has 1 saturated heterocycles. The first kappa shape index (κ1) is 16.8. The van der Waals surface area contributed by atoms with Crippen molar-refractivity contribution in [3.05, 3.63) is 56.9 Å². The van der Waals surface area contributed by atoms with Crippen molar-refractivity contribution >= 4 is 5.91 Å². The van der Waals surface area contributed by atoms with Crippen molar-refractivity contribution in [1.29, 1.82) is 0 Å². The molecule has 2 aliphatic rings. The third-order valence-electron chi connectivity index (χ3n) is 5.59. The predicted octanol–water partition coefficient (Wildman–Crippen LogP) is 1.57. The molecule has 4 rings (SSSR count). The number of aromatic nitrogens is 3. The molecule has 7 heteroatoms. The van der Waals surface area contributed by atoms with Gasteiger partial charge in [-0.05, 0) is 36.8 Å². The van der Waals surface area contributed by atoms with Crippen LogP contribution in [0.5, 0.6) is 0 Å². The van der Waals surface area contributed by atoms with Gasteiger partial charge in [-0.2, -0.15) is 9.78 Å². The summed E-state index contributed by atoms with van der Waals surface area (Å²) in [6.07, 6.45) is 5.85. The van der Waals surface area contributed by atoms with Crippen LogP contribution in [-0.4, -0.2) is 38.7 Å². The molecule has 1 aliphatic heterocycles. The highest BCUT2D eigenvalue weighted by Gasteiger charge is 2.33. The van der Waals surface area contributed by atoms with E-state index >= 15 is 0 Å². The predicted molar refractivity (Wildman–Crippen MR) is 96.4 cm³/mol. The van der Waals surface area contributed by atoms with Crippen LogP contribution >= 0.6 is 0 Å². The molecule has 0 bridgehead atoms. The van der Waals surface area contributed by atoms with Crippen LogP contribution in [0.4, 0.5) is 0 Å². The van der Waals surface area contributed by atoms with Gasteiger partial charge in [0.05, 0.1) is 5.69 Å². The summed E-state index contributed by atoms with van der Waals surface area (Å²) in [6, 6.07) is 8.76. The van der Waals surface area contributed by atoms with E-state index in [-0.39, 0.29) is 11.6 Å². The van der Waals surface area contributed by atoms with E-state index in [9.17, 15) is 14.4 Å². The van der Waals surface area contributed by atoms with Crippen LogP contribution in [0.15, 0.2) is 39.9 Å². The normalized spacial score (nSPS) is 20.6. The number of H-pyrrole nitrogens is 1. The second kappa shape index (κ2) is 6.90. The summed E-state index contributed by atoms with van der Waals surface area (Å²) in [6.45, 7) is 1.31. The molecule has 7 nitrogen and oxygen atoms in total. The van der Waals surface area contributed by atoms with Gasteiger partial charge in [-0.15, -0.1) is 0 Å². The second-order valence-corrected chi connectivity index (χ2v) is 7.20. The number of piperidine rings is 1. The third kappa shape index (κ3) is 3.09. The topological polar surface area (TPSA) is 88.1 Å². The van der Waals surface area contributed by atoms with Gasteiger partial charge in [0.1, 0.15) is 0 Å². The third-order valence-corrected chi connectivity index (χ3v) is 5.59. The molecule has 2 fully saturated rings. The average molecular weight is 354 g/mol. The van der Waals surface area contributed by atoms with Gasteiger partial charge in [-0.3, -0.25) is 14.6 Å². The molecule has 0 spiro atoms. The summed E-state index contributed by atoms with van der Waals surface area (Å²) in [4.78, 5) is 41.2. The lowest BCUT2D eigenvalue weighted by Crippen LogP contribution is -2.46. The van der Waals surface area contributed by atoms with Crippen molar-refractivity contribution in [1.82, 2.24) is 19.7 Å². The van der Waals surface area contributed by atoms with Gasteiger partial charge < -0.3 is 4.90 Å². The van der Waals surface area contributed by atoms with Crippen molar-refractivity contribution in [2.75, 3.05) is 13.1 Å². The Kier molecular flexibility index (Phi) is 4.44. The Morgan fingerprint density at radius 1 is 1.04 bits per heavy atom. The highest BCUT2D eigenvalue weighted by atomic mass is 16.2. The molecule has 1 N–H and O–H groups in total. The van der Waals surface area contributed by atoms with Crippen LogP contribution in [0.1, 0.15) is 42.6 Å². The fourth-order valence-corrected chi connectivity index (χ4v) is 3.92. The van der Waals surface area contributed by atoms with E-state index in [4.69, 9.17) is 0 Å². The minimum atomic E-state index is -0.724. The maximum atomic E-state index is 12.9. The number of hydrogen-bond acceptors (Lipinski definition) is 4. The van der Waals surface area contributed by atoms with Crippen LogP contribution < -0.4 is 11.2 Å². The molecule has 1 saturated carbocycles. The zero-order valence-electron chi connectivity index (χ0n) is 14.6. The number of nitrogens with zero attached hydrogens (tertiary/aromatic N) is 3. The Labute approximate surface area is 150 Å². The smallest absolute Gasteiger partial charge is 0.337 e. The first-order valence-corrected chi connectivity index (χ1v) is 9.22. The summed E-state index contributed by atoms with van der Waals surface area (Å²) in [5, 5.41) is 4.09. The minimum Gasteiger partial charge on any atom is -0.337 e. The SMILES string of the molecule is O=C(c1nn(-c2ccccc2)c(=O)[nH]c1=O)N1CCCC(C2CCC2)C1. The molecule has 1 amide bonds. The van der Waals surface area contributed by atoms with Crippen LogP contribution in [0.2, 0.25) is 0 Å². The lowest BCUT2D eigenvalue weighted by molar-refractivity contribution is 0.0552. The molecule has 1 aliphatic carbocycles. The van der Waals surface area contributed by atoms with Gasteiger partial charge in [0.15, 0.2) is 0 Å². The van der Waals surface area contributed by atoms with E-state index in [1.54, 1.807) is 29.2 Å². The maximum absolute atomic E-state index is 12.9. The van der Waals surface area contributed by atoms with Gasteiger partial charge in [0.2, 0.25) is 5.69 Å².